The number of hydrogen-bond donors (Lipinski definition) is 1. The molecule has 0 radical (unpaired) electrons. The highest BCUT2D eigenvalue weighted by atomic mass is 14.9. The maximum atomic E-state index is 4.04. The van der Waals surface area contributed by atoms with Gasteiger partial charge in [0.2, 0.25) is 0 Å². The zero-order valence-corrected chi connectivity index (χ0v) is 11.6. The van der Waals surface area contributed by atoms with Crippen molar-refractivity contribution >= 4 is 0 Å². The Bertz CT molecular complexity index is 283. The fraction of sp³-hybridized carbons (Fsp3) is 0.667. The third-order valence-electron chi connectivity index (χ3n) is 2.86. The van der Waals surface area contributed by atoms with Crippen molar-refractivity contribution in [3.8, 4) is 0 Å². The van der Waals surface area contributed by atoms with Crippen molar-refractivity contribution in [2.45, 2.75) is 53.1 Å². The molecule has 1 aromatic rings. The summed E-state index contributed by atoms with van der Waals surface area (Å²) in [5, 5.41) is 3.67. The van der Waals surface area contributed by atoms with Gasteiger partial charge in [-0.3, -0.25) is 4.98 Å². The molecule has 1 heterocycles. The molecular weight excluding hydrogens is 208 g/mol. The van der Waals surface area contributed by atoms with Crippen molar-refractivity contribution in [3.05, 3.63) is 30.1 Å². The molecular formula is C15H26N2. The molecule has 1 N–H and O–H groups in total. The number of pyridine rings is 1. The second-order valence-electron chi connectivity index (χ2n) is 5.69. The van der Waals surface area contributed by atoms with Gasteiger partial charge in [0.25, 0.3) is 0 Å². The third-order valence-corrected chi connectivity index (χ3v) is 2.86. The summed E-state index contributed by atoms with van der Waals surface area (Å²) in [4.78, 5) is 4.04. The molecule has 0 aliphatic heterocycles. The Hall–Kier alpha value is -0.890. The summed E-state index contributed by atoms with van der Waals surface area (Å²) in [5.41, 5.74) is 1.32. The van der Waals surface area contributed by atoms with Crippen molar-refractivity contribution in [1.29, 1.82) is 0 Å². The van der Waals surface area contributed by atoms with E-state index in [0.717, 1.165) is 18.4 Å². The van der Waals surface area contributed by atoms with Gasteiger partial charge in [0, 0.05) is 25.0 Å². The van der Waals surface area contributed by atoms with Crippen LogP contribution in [0.25, 0.3) is 0 Å². The molecule has 0 fully saturated rings. The van der Waals surface area contributed by atoms with Gasteiger partial charge in [0.1, 0.15) is 0 Å². The Balaban J connectivity index is 2.43. The highest BCUT2D eigenvalue weighted by molar-refractivity contribution is 5.09. The van der Waals surface area contributed by atoms with E-state index in [1.165, 1.54) is 18.4 Å². The molecule has 0 bridgehead atoms. The van der Waals surface area contributed by atoms with Crippen LogP contribution in [0.15, 0.2) is 24.5 Å². The van der Waals surface area contributed by atoms with Gasteiger partial charge in [0.15, 0.2) is 0 Å². The summed E-state index contributed by atoms with van der Waals surface area (Å²) >= 11 is 0. The number of nitrogens with one attached hydrogen (secondary N) is 1. The Morgan fingerprint density at radius 3 is 2.00 bits per heavy atom. The van der Waals surface area contributed by atoms with E-state index in [0.29, 0.717) is 6.04 Å². The summed E-state index contributed by atoms with van der Waals surface area (Å²) in [5.74, 6) is 1.51. The zero-order valence-electron chi connectivity index (χ0n) is 11.6. The van der Waals surface area contributed by atoms with Gasteiger partial charge >= 0.3 is 0 Å². The molecule has 0 spiro atoms. The maximum absolute atomic E-state index is 4.04. The topological polar surface area (TPSA) is 24.9 Å². The number of rotatable bonds is 7. The van der Waals surface area contributed by atoms with Crippen molar-refractivity contribution in [3.63, 3.8) is 0 Å². The van der Waals surface area contributed by atoms with Crippen LogP contribution in [0.2, 0.25) is 0 Å². The number of aromatic nitrogens is 1. The van der Waals surface area contributed by atoms with Crippen LogP contribution in [0.1, 0.15) is 46.1 Å². The summed E-state index contributed by atoms with van der Waals surface area (Å²) in [7, 11) is 0. The lowest BCUT2D eigenvalue weighted by Gasteiger charge is -2.22. The molecule has 1 rings (SSSR count). The van der Waals surface area contributed by atoms with Gasteiger partial charge in [-0.05, 0) is 42.4 Å². The average Bonchev–Trinajstić information content (AvgIpc) is 2.26. The first-order chi connectivity index (χ1) is 8.08. The predicted molar refractivity (Wildman–Crippen MR) is 73.8 cm³/mol. The molecule has 17 heavy (non-hydrogen) atoms. The lowest BCUT2D eigenvalue weighted by atomic mass is 9.95. The lowest BCUT2D eigenvalue weighted by molar-refractivity contribution is 0.358. The van der Waals surface area contributed by atoms with Crippen molar-refractivity contribution < 1.29 is 0 Å². The molecule has 1 aromatic heterocycles. The minimum atomic E-state index is 0.628. The first kappa shape index (κ1) is 14.2. The molecule has 0 unspecified atom stereocenters. The van der Waals surface area contributed by atoms with Crippen LogP contribution in [0.3, 0.4) is 0 Å². The number of hydrogen-bond acceptors (Lipinski definition) is 2. The van der Waals surface area contributed by atoms with Crippen LogP contribution in [-0.2, 0) is 6.54 Å². The summed E-state index contributed by atoms with van der Waals surface area (Å²) < 4.78 is 0. The Morgan fingerprint density at radius 1 is 1.00 bits per heavy atom. The quantitative estimate of drug-likeness (QED) is 0.779. The monoisotopic (exact) mass is 234 g/mol. The van der Waals surface area contributed by atoms with E-state index >= 15 is 0 Å². The van der Waals surface area contributed by atoms with Crippen molar-refractivity contribution in [1.82, 2.24) is 10.3 Å². The zero-order chi connectivity index (χ0) is 12.7. The average molecular weight is 234 g/mol. The third kappa shape index (κ3) is 6.42. The standard InChI is InChI=1S/C15H26N2/c1-12(2)9-15(10-13(3)4)17-11-14-5-7-16-8-6-14/h5-8,12-13,15,17H,9-11H2,1-4H3. The highest BCUT2D eigenvalue weighted by Gasteiger charge is 2.12. The first-order valence-corrected chi connectivity index (χ1v) is 6.70. The molecule has 2 heteroatoms. The normalized spacial score (nSPS) is 11.7. The van der Waals surface area contributed by atoms with E-state index in [4.69, 9.17) is 0 Å². The van der Waals surface area contributed by atoms with Crippen LogP contribution < -0.4 is 5.32 Å². The van der Waals surface area contributed by atoms with Gasteiger partial charge in [-0.2, -0.15) is 0 Å². The van der Waals surface area contributed by atoms with Crippen LogP contribution in [0.4, 0.5) is 0 Å². The molecule has 0 aliphatic carbocycles. The molecule has 0 amide bonds. The van der Waals surface area contributed by atoms with Gasteiger partial charge in [-0.15, -0.1) is 0 Å². The van der Waals surface area contributed by atoms with Gasteiger partial charge in [-0.1, -0.05) is 27.7 Å². The summed E-state index contributed by atoms with van der Waals surface area (Å²) in [6, 6.07) is 4.78. The van der Waals surface area contributed by atoms with E-state index in [2.05, 4.69) is 50.1 Å². The van der Waals surface area contributed by atoms with Crippen molar-refractivity contribution in [2.24, 2.45) is 11.8 Å². The van der Waals surface area contributed by atoms with E-state index in [9.17, 15) is 0 Å². The molecule has 0 atom stereocenters. The number of nitrogens with zero attached hydrogens (tertiary/aromatic N) is 1. The molecule has 0 aromatic carbocycles. The van der Waals surface area contributed by atoms with Gasteiger partial charge in [-0.25, -0.2) is 0 Å². The minimum Gasteiger partial charge on any atom is -0.310 e. The van der Waals surface area contributed by atoms with E-state index in [1.54, 1.807) is 0 Å². The Kier molecular flexibility index (Phi) is 6.20. The predicted octanol–water partition coefficient (Wildman–Crippen LogP) is 3.63. The van der Waals surface area contributed by atoms with Gasteiger partial charge < -0.3 is 5.32 Å². The minimum absolute atomic E-state index is 0.628. The summed E-state index contributed by atoms with van der Waals surface area (Å²) in [6.07, 6.45) is 6.22. The summed E-state index contributed by atoms with van der Waals surface area (Å²) in [6.45, 7) is 10.1. The molecule has 96 valence electrons. The highest BCUT2D eigenvalue weighted by Crippen LogP contribution is 2.13. The van der Waals surface area contributed by atoms with E-state index in [-0.39, 0.29) is 0 Å². The van der Waals surface area contributed by atoms with Crippen LogP contribution >= 0.6 is 0 Å². The Labute approximate surface area is 106 Å². The van der Waals surface area contributed by atoms with E-state index in [1.807, 2.05) is 12.4 Å². The molecule has 2 nitrogen and oxygen atoms in total. The van der Waals surface area contributed by atoms with Crippen LogP contribution in [0.5, 0.6) is 0 Å². The maximum Gasteiger partial charge on any atom is 0.0271 e. The molecule has 0 saturated carbocycles. The smallest absolute Gasteiger partial charge is 0.0271 e. The first-order valence-electron chi connectivity index (χ1n) is 6.70. The largest absolute Gasteiger partial charge is 0.310 e. The molecule has 0 saturated heterocycles. The second kappa shape index (κ2) is 7.44. The lowest BCUT2D eigenvalue weighted by Crippen LogP contribution is -2.31. The molecule has 0 aliphatic rings. The second-order valence-corrected chi connectivity index (χ2v) is 5.69. The fourth-order valence-electron chi connectivity index (χ4n) is 2.16. The van der Waals surface area contributed by atoms with Crippen molar-refractivity contribution in [2.75, 3.05) is 0 Å². The Morgan fingerprint density at radius 2 is 1.53 bits per heavy atom. The fourth-order valence-corrected chi connectivity index (χ4v) is 2.16. The van der Waals surface area contributed by atoms with E-state index < -0.39 is 0 Å². The van der Waals surface area contributed by atoms with Crippen LogP contribution in [-0.4, -0.2) is 11.0 Å². The van der Waals surface area contributed by atoms with Gasteiger partial charge in [0.05, 0.1) is 0 Å². The van der Waals surface area contributed by atoms with Crippen LogP contribution in [0, 0.1) is 11.8 Å². The SMILES string of the molecule is CC(C)CC(CC(C)C)NCc1ccncc1.